The maximum absolute atomic E-state index is 4.65. The van der Waals surface area contributed by atoms with Crippen molar-refractivity contribution in [2.45, 2.75) is 11.3 Å². The van der Waals surface area contributed by atoms with Gasteiger partial charge in [0.25, 0.3) is 0 Å². The molecule has 1 aromatic heterocycles. The lowest BCUT2D eigenvalue weighted by Gasteiger charge is -2.20. The van der Waals surface area contributed by atoms with E-state index in [0.29, 0.717) is 0 Å². The molecule has 4 heteroatoms. The second-order valence-corrected chi connectivity index (χ2v) is 5.76. The van der Waals surface area contributed by atoms with Gasteiger partial charge in [0, 0.05) is 35.9 Å². The third-order valence-corrected chi connectivity index (χ3v) is 4.57. The number of hydrogen-bond acceptors (Lipinski definition) is 4. The lowest BCUT2D eigenvalue weighted by atomic mass is 10.0. The summed E-state index contributed by atoms with van der Waals surface area (Å²) < 4.78 is 2.31. The van der Waals surface area contributed by atoms with Crippen LogP contribution in [0, 0.1) is 0 Å². The summed E-state index contributed by atoms with van der Waals surface area (Å²) in [6.45, 7) is 2.06. The Morgan fingerprint density at radius 1 is 1.05 bits per heavy atom. The summed E-state index contributed by atoms with van der Waals surface area (Å²) in [4.78, 5) is 10.0. The third kappa shape index (κ3) is 1.83. The van der Waals surface area contributed by atoms with Crippen LogP contribution in [0.3, 0.4) is 0 Å². The topological polar surface area (TPSA) is 28.5 Å². The van der Waals surface area contributed by atoms with Crippen molar-refractivity contribution in [2.24, 2.45) is 4.99 Å². The van der Waals surface area contributed by atoms with Crippen LogP contribution in [-0.4, -0.2) is 28.2 Å². The summed E-state index contributed by atoms with van der Waals surface area (Å²) in [7, 11) is 0. The molecule has 0 atom stereocenters. The molecular weight excluding hydrogens is 254 g/mol. The van der Waals surface area contributed by atoms with Gasteiger partial charge < -0.3 is 0 Å². The van der Waals surface area contributed by atoms with Gasteiger partial charge in [0.05, 0.1) is 0 Å². The zero-order chi connectivity index (χ0) is 12.7. The molecule has 0 radical (unpaired) electrons. The Balaban J connectivity index is 1.78. The summed E-state index contributed by atoms with van der Waals surface area (Å²) in [6.07, 6.45) is 4.83. The maximum atomic E-state index is 4.65. The van der Waals surface area contributed by atoms with Gasteiger partial charge in [-0.15, -0.1) is 0 Å². The number of aliphatic imine (C=N–C) groups is 1. The normalized spacial score (nSPS) is 16.8. The zero-order valence-electron chi connectivity index (χ0n) is 10.4. The van der Waals surface area contributed by atoms with Gasteiger partial charge >= 0.3 is 0 Å². The summed E-state index contributed by atoms with van der Waals surface area (Å²) >= 11 is 1.82. The van der Waals surface area contributed by atoms with E-state index in [0.717, 1.165) is 25.3 Å². The second kappa shape index (κ2) is 4.38. The van der Waals surface area contributed by atoms with Crippen LogP contribution in [0.5, 0.6) is 0 Å². The van der Waals surface area contributed by atoms with E-state index in [-0.39, 0.29) is 0 Å². The number of fused-ring (bicyclic) bond motifs is 3. The van der Waals surface area contributed by atoms with Gasteiger partial charge in [0.1, 0.15) is 5.84 Å². The smallest absolute Gasteiger partial charge is 0.142 e. The molecule has 0 spiro atoms. The third-order valence-electron chi connectivity index (χ3n) is 3.46. The van der Waals surface area contributed by atoms with E-state index in [1.54, 1.807) is 0 Å². The van der Waals surface area contributed by atoms with Gasteiger partial charge in [-0.2, -0.15) is 0 Å². The molecule has 19 heavy (non-hydrogen) atoms. The van der Waals surface area contributed by atoms with Gasteiger partial charge in [-0.05, 0) is 53.8 Å². The van der Waals surface area contributed by atoms with E-state index in [2.05, 4.69) is 32.5 Å². The van der Waals surface area contributed by atoms with Crippen molar-refractivity contribution in [3.8, 4) is 11.1 Å². The number of pyridine rings is 1. The fraction of sp³-hybridized carbons (Fsp3) is 0.200. The predicted molar refractivity (Wildman–Crippen MR) is 78.3 cm³/mol. The highest BCUT2D eigenvalue weighted by atomic mass is 32.2. The molecule has 1 aromatic carbocycles. The standard InChI is InChI=1S/C15H13N3S/c1-6-17-15-13-3-2-12(11-4-7-16-8-5-11)10-14(13)19-18(15)9-1/h2-5,7-8,10H,1,6,9H2. The summed E-state index contributed by atoms with van der Waals surface area (Å²) in [5.41, 5.74) is 3.74. The average molecular weight is 267 g/mol. The van der Waals surface area contributed by atoms with Crippen LogP contribution in [0.15, 0.2) is 52.6 Å². The van der Waals surface area contributed by atoms with E-state index in [1.165, 1.54) is 21.6 Å². The number of amidine groups is 1. The summed E-state index contributed by atoms with van der Waals surface area (Å²) in [5, 5.41) is 0. The van der Waals surface area contributed by atoms with Crippen molar-refractivity contribution in [1.29, 1.82) is 0 Å². The summed E-state index contributed by atoms with van der Waals surface area (Å²) in [5.74, 6) is 1.16. The number of benzene rings is 1. The number of rotatable bonds is 1. The second-order valence-electron chi connectivity index (χ2n) is 4.70. The molecule has 3 heterocycles. The van der Waals surface area contributed by atoms with Crippen molar-refractivity contribution in [2.75, 3.05) is 13.1 Å². The van der Waals surface area contributed by atoms with Crippen molar-refractivity contribution in [1.82, 2.24) is 9.29 Å². The van der Waals surface area contributed by atoms with Gasteiger partial charge in [-0.25, -0.2) is 0 Å². The van der Waals surface area contributed by atoms with E-state index in [4.69, 9.17) is 0 Å². The van der Waals surface area contributed by atoms with Crippen LogP contribution >= 0.6 is 11.9 Å². The molecule has 0 bridgehead atoms. The van der Waals surface area contributed by atoms with Gasteiger partial charge in [-0.1, -0.05) is 6.07 Å². The molecule has 0 fully saturated rings. The Morgan fingerprint density at radius 2 is 1.95 bits per heavy atom. The fourth-order valence-corrected chi connectivity index (χ4v) is 3.66. The lowest BCUT2D eigenvalue weighted by Crippen LogP contribution is -2.26. The first-order valence-corrected chi connectivity index (χ1v) is 7.24. The molecule has 94 valence electrons. The molecule has 0 unspecified atom stereocenters. The minimum Gasteiger partial charge on any atom is -0.296 e. The summed E-state index contributed by atoms with van der Waals surface area (Å²) in [6, 6.07) is 10.7. The first-order valence-electron chi connectivity index (χ1n) is 6.46. The zero-order valence-corrected chi connectivity index (χ0v) is 11.2. The average Bonchev–Trinajstić information content (AvgIpc) is 2.86. The largest absolute Gasteiger partial charge is 0.296 e. The van der Waals surface area contributed by atoms with Crippen LogP contribution in [-0.2, 0) is 0 Å². The van der Waals surface area contributed by atoms with Crippen molar-refractivity contribution in [3.05, 3.63) is 48.3 Å². The molecule has 4 rings (SSSR count). The SMILES string of the molecule is c1cc(-c2ccc3c(c2)SN2CCCN=C32)ccn1. The first kappa shape index (κ1) is 11.1. The molecule has 0 saturated carbocycles. The number of aromatic nitrogens is 1. The lowest BCUT2D eigenvalue weighted by molar-refractivity contribution is 0.603. The van der Waals surface area contributed by atoms with E-state index >= 15 is 0 Å². The molecule has 0 saturated heterocycles. The highest BCUT2D eigenvalue weighted by Crippen LogP contribution is 2.39. The Morgan fingerprint density at radius 3 is 2.84 bits per heavy atom. The van der Waals surface area contributed by atoms with Gasteiger partial charge in [-0.3, -0.25) is 14.3 Å². The fourth-order valence-electron chi connectivity index (χ4n) is 2.52. The molecule has 0 N–H and O–H groups in total. The molecule has 2 aromatic rings. The molecule has 0 aliphatic carbocycles. The Kier molecular flexibility index (Phi) is 2.55. The molecule has 2 aliphatic rings. The van der Waals surface area contributed by atoms with Gasteiger partial charge in [0.2, 0.25) is 0 Å². The van der Waals surface area contributed by atoms with Crippen molar-refractivity contribution < 1.29 is 0 Å². The minimum atomic E-state index is 0.956. The molecule has 3 nitrogen and oxygen atoms in total. The quantitative estimate of drug-likeness (QED) is 0.743. The van der Waals surface area contributed by atoms with Crippen molar-refractivity contribution >= 4 is 17.8 Å². The van der Waals surface area contributed by atoms with Crippen LogP contribution in [0.4, 0.5) is 0 Å². The van der Waals surface area contributed by atoms with E-state index < -0.39 is 0 Å². The van der Waals surface area contributed by atoms with Crippen LogP contribution in [0.25, 0.3) is 11.1 Å². The number of hydrogen-bond donors (Lipinski definition) is 0. The minimum absolute atomic E-state index is 0.956. The Labute approximate surface area is 116 Å². The van der Waals surface area contributed by atoms with Crippen LogP contribution in [0.2, 0.25) is 0 Å². The highest BCUT2D eigenvalue weighted by molar-refractivity contribution is 7.98. The molecule has 0 amide bonds. The number of nitrogens with zero attached hydrogens (tertiary/aromatic N) is 3. The maximum Gasteiger partial charge on any atom is 0.142 e. The van der Waals surface area contributed by atoms with Crippen LogP contribution < -0.4 is 0 Å². The monoisotopic (exact) mass is 267 g/mol. The Hall–Kier alpha value is -1.81. The van der Waals surface area contributed by atoms with Gasteiger partial charge in [0.15, 0.2) is 0 Å². The molecule has 2 aliphatic heterocycles. The predicted octanol–water partition coefficient (Wildman–Crippen LogP) is 3.22. The van der Waals surface area contributed by atoms with Crippen molar-refractivity contribution in [3.63, 3.8) is 0 Å². The molecular formula is C15H13N3S. The highest BCUT2D eigenvalue weighted by Gasteiger charge is 2.28. The van der Waals surface area contributed by atoms with E-state index in [1.807, 2.05) is 36.5 Å². The van der Waals surface area contributed by atoms with E-state index in [9.17, 15) is 0 Å². The first-order chi connectivity index (χ1) is 9.42. The Bertz CT molecular complexity index is 652. The van der Waals surface area contributed by atoms with Crippen LogP contribution in [0.1, 0.15) is 12.0 Å².